The summed E-state index contributed by atoms with van der Waals surface area (Å²) in [6.45, 7) is 1.73. The summed E-state index contributed by atoms with van der Waals surface area (Å²) < 4.78 is 24.1. The minimum atomic E-state index is -0.553. The summed E-state index contributed by atoms with van der Waals surface area (Å²) in [7, 11) is 1.50. The number of hydrogen-bond donors (Lipinski definition) is 1. The van der Waals surface area contributed by atoms with Crippen LogP contribution < -0.4 is 10.9 Å². The highest BCUT2D eigenvalue weighted by Gasteiger charge is 2.21. The number of carbonyl (C=O) groups excluding carboxylic acids is 2. The van der Waals surface area contributed by atoms with Crippen LogP contribution in [0, 0.1) is 12.7 Å². The van der Waals surface area contributed by atoms with E-state index in [0.717, 1.165) is 15.9 Å². The standard InChI is InChI=1S/C19H18FN3O5S/c1-11-15-17(29-16(11)19(26)28-8-7-27-2)21-10-23(18(15)25)9-14(24)22-13-5-3-12(20)4-6-13/h3-6,10H,7-9H2,1-2H3,(H,22,24). The summed E-state index contributed by atoms with van der Waals surface area (Å²) in [6.07, 6.45) is 1.25. The van der Waals surface area contributed by atoms with Gasteiger partial charge in [0.05, 0.1) is 18.3 Å². The molecule has 0 aliphatic rings. The van der Waals surface area contributed by atoms with Gasteiger partial charge in [-0.25, -0.2) is 14.2 Å². The smallest absolute Gasteiger partial charge is 0.348 e. The van der Waals surface area contributed by atoms with Crippen LogP contribution in [-0.2, 0) is 20.8 Å². The highest BCUT2D eigenvalue weighted by molar-refractivity contribution is 7.20. The molecule has 3 aromatic rings. The van der Waals surface area contributed by atoms with E-state index in [9.17, 15) is 18.8 Å². The number of carbonyl (C=O) groups is 2. The van der Waals surface area contributed by atoms with Crippen LogP contribution in [-0.4, -0.2) is 41.8 Å². The third-order valence-electron chi connectivity index (χ3n) is 4.07. The normalized spacial score (nSPS) is 10.9. The molecule has 29 heavy (non-hydrogen) atoms. The van der Waals surface area contributed by atoms with Crippen LogP contribution in [0.2, 0.25) is 0 Å². The van der Waals surface area contributed by atoms with E-state index in [1.807, 2.05) is 0 Å². The number of hydrogen-bond acceptors (Lipinski definition) is 7. The quantitative estimate of drug-likeness (QED) is 0.466. The lowest BCUT2D eigenvalue weighted by Crippen LogP contribution is -2.27. The Morgan fingerprint density at radius 2 is 1.97 bits per heavy atom. The lowest BCUT2D eigenvalue weighted by Gasteiger charge is -2.07. The largest absolute Gasteiger partial charge is 0.459 e. The van der Waals surface area contributed by atoms with Crippen molar-refractivity contribution in [2.75, 3.05) is 25.6 Å². The highest BCUT2D eigenvalue weighted by atomic mass is 32.1. The Kier molecular flexibility index (Phi) is 6.35. The number of halogens is 1. The summed E-state index contributed by atoms with van der Waals surface area (Å²) in [5.41, 5.74) is 0.429. The molecule has 0 fully saturated rings. The van der Waals surface area contributed by atoms with E-state index in [0.29, 0.717) is 16.1 Å². The summed E-state index contributed by atoms with van der Waals surface area (Å²) in [5.74, 6) is -1.44. The average Bonchev–Trinajstić information content (AvgIpc) is 3.03. The number of esters is 1. The van der Waals surface area contributed by atoms with Gasteiger partial charge in [-0.2, -0.15) is 0 Å². The zero-order valence-electron chi connectivity index (χ0n) is 15.7. The van der Waals surface area contributed by atoms with Crippen molar-refractivity contribution in [3.05, 3.63) is 57.2 Å². The third-order valence-corrected chi connectivity index (χ3v) is 5.25. The molecule has 152 valence electrons. The van der Waals surface area contributed by atoms with Crippen LogP contribution in [0.5, 0.6) is 0 Å². The van der Waals surface area contributed by atoms with Crippen LogP contribution >= 0.6 is 11.3 Å². The van der Waals surface area contributed by atoms with Gasteiger partial charge < -0.3 is 14.8 Å². The van der Waals surface area contributed by atoms with E-state index >= 15 is 0 Å². The Morgan fingerprint density at radius 3 is 2.66 bits per heavy atom. The highest BCUT2D eigenvalue weighted by Crippen LogP contribution is 2.27. The van der Waals surface area contributed by atoms with Gasteiger partial charge in [-0.15, -0.1) is 11.3 Å². The van der Waals surface area contributed by atoms with Crippen molar-refractivity contribution in [1.29, 1.82) is 0 Å². The zero-order valence-corrected chi connectivity index (χ0v) is 16.5. The number of amides is 1. The molecule has 3 rings (SSSR count). The molecule has 2 aromatic heterocycles. The second kappa shape index (κ2) is 8.93. The van der Waals surface area contributed by atoms with Gasteiger partial charge in [0.2, 0.25) is 5.91 Å². The van der Waals surface area contributed by atoms with Gasteiger partial charge in [-0.05, 0) is 36.8 Å². The van der Waals surface area contributed by atoms with Crippen LogP contribution in [0.4, 0.5) is 10.1 Å². The third kappa shape index (κ3) is 4.66. The molecule has 0 spiro atoms. The van der Waals surface area contributed by atoms with Gasteiger partial charge in [0.15, 0.2) is 0 Å². The fraction of sp³-hybridized carbons (Fsp3) is 0.263. The van der Waals surface area contributed by atoms with Crippen molar-refractivity contribution in [2.24, 2.45) is 0 Å². The maximum atomic E-state index is 13.0. The second-order valence-electron chi connectivity index (χ2n) is 6.10. The predicted molar refractivity (Wildman–Crippen MR) is 106 cm³/mol. The van der Waals surface area contributed by atoms with Crippen LogP contribution in [0.3, 0.4) is 0 Å². The lowest BCUT2D eigenvalue weighted by atomic mass is 10.2. The molecule has 0 bridgehead atoms. The first kappa shape index (κ1) is 20.6. The molecule has 2 heterocycles. The fourth-order valence-corrected chi connectivity index (χ4v) is 3.67. The zero-order chi connectivity index (χ0) is 21.0. The van der Waals surface area contributed by atoms with Crippen molar-refractivity contribution in [1.82, 2.24) is 9.55 Å². The first-order chi connectivity index (χ1) is 13.9. The molecule has 0 radical (unpaired) electrons. The van der Waals surface area contributed by atoms with Crippen LogP contribution in [0.15, 0.2) is 35.4 Å². The molecule has 0 saturated carbocycles. The Balaban J connectivity index is 1.81. The van der Waals surface area contributed by atoms with E-state index in [2.05, 4.69) is 10.3 Å². The van der Waals surface area contributed by atoms with Crippen molar-refractivity contribution in [3.8, 4) is 0 Å². The Labute approximate surface area is 168 Å². The van der Waals surface area contributed by atoms with E-state index in [1.165, 1.54) is 37.7 Å². The topological polar surface area (TPSA) is 99.5 Å². The van der Waals surface area contributed by atoms with E-state index in [-0.39, 0.29) is 30.0 Å². The lowest BCUT2D eigenvalue weighted by molar-refractivity contribution is -0.116. The van der Waals surface area contributed by atoms with Crippen molar-refractivity contribution < 1.29 is 23.5 Å². The fourth-order valence-electron chi connectivity index (χ4n) is 2.64. The van der Waals surface area contributed by atoms with E-state index in [4.69, 9.17) is 9.47 Å². The van der Waals surface area contributed by atoms with Crippen LogP contribution in [0.1, 0.15) is 15.2 Å². The summed E-state index contributed by atoms with van der Waals surface area (Å²) in [6, 6.07) is 5.28. The summed E-state index contributed by atoms with van der Waals surface area (Å²) in [5, 5.41) is 2.85. The number of thiophene rings is 1. The number of nitrogens with zero attached hydrogens (tertiary/aromatic N) is 2. The van der Waals surface area contributed by atoms with Crippen molar-refractivity contribution >= 4 is 39.1 Å². The maximum absolute atomic E-state index is 13.0. The number of rotatable bonds is 7. The number of benzene rings is 1. The molecule has 1 N–H and O–H groups in total. The number of aryl methyl sites for hydroxylation is 1. The van der Waals surface area contributed by atoms with Crippen molar-refractivity contribution in [3.63, 3.8) is 0 Å². The van der Waals surface area contributed by atoms with Gasteiger partial charge in [0.1, 0.15) is 28.7 Å². The van der Waals surface area contributed by atoms with Gasteiger partial charge in [0, 0.05) is 12.8 Å². The Morgan fingerprint density at radius 1 is 1.24 bits per heavy atom. The molecule has 0 aliphatic heterocycles. The second-order valence-corrected chi connectivity index (χ2v) is 7.10. The number of ether oxygens (including phenoxy) is 2. The Bertz CT molecular complexity index is 1110. The minimum Gasteiger partial charge on any atom is -0.459 e. The predicted octanol–water partition coefficient (Wildman–Crippen LogP) is 2.35. The molecule has 0 atom stereocenters. The average molecular weight is 419 g/mol. The van der Waals surface area contributed by atoms with Gasteiger partial charge in [0.25, 0.3) is 5.56 Å². The number of methoxy groups -OCH3 is 1. The Hall–Kier alpha value is -3.11. The molecule has 0 unspecified atom stereocenters. The monoisotopic (exact) mass is 419 g/mol. The SMILES string of the molecule is COCCOC(=O)c1sc2ncn(CC(=O)Nc3ccc(F)cc3)c(=O)c2c1C. The minimum absolute atomic E-state index is 0.101. The summed E-state index contributed by atoms with van der Waals surface area (Å²) in [4.78, 5) is 42.1. The maximum Gasteiger partial charge on any atom is 0.348 e. The van der Waals surface area contributed by atoms with E-state index in [1.54, 1.807) is 6.92 Å². The van der Waals surface area contributed by atoms with Gasteiger partial charge >= 0.3 is 5.97 Å². The van der Waals surface area contributed by atoms with Gasteiger partial charge in [-0.3, -0.25) is 14.2 Å². The molecule has 8 nitrogen and oxygen atoms in total. The van der Waals surface area contributed by atoms with Gasteiger partial charge in [-0.1, -0.05) is 0 Å². The molecular formula is C19H18FN3O5S. The molecule has 10 heteroatoms. The molecule has 0 aliphatic carbocycles. The molecular weight excluding hydrogens is 401 g/mol. The number of anilines is 1. The van der Waals surface area contributed by atoms with E-state index < -0.39 is 23.3 Å². The first-order valence-corrected chi connectivity index (χ1v) is 9.42. The molecule has 1 amide bonds. The number of aromatic nitrogens is 2. The summed E-state index contributed by atoms with van der Waals surface area (Å²) >= 11 is 1.06. The van der Waals surface area contributed by atoms with Crippen LogP contribution in [0.25, 0.3) is 10.2 Å². The first-order valence-electron chi connectivity index (χ1n) is 8.60. The number of fused-ring (bicyclic) bond motifs is 1. The number of nitrogens with one attached hydrogen (secondary N) is 1. The molecule has 0 saturated heterocycles. The van der Waals surface area contributed by atoms with Crippen molar-refractivity contribution in [2.45, 2.75) is 13.5 Å². The molecule has 1 aromatic carbocycles.